The van der Waals surface area contributed by atoms with Crippen molar-refractivity contribution < 1.29 is 9.47 Å². The van der Waals surface area contributed by atoms with Crippen molar-refractivity contribution in [2.75, 3.05) is 39.5 Å². The van der Waals surface area contributed by atoms with Crippen LogP contribution in [0.15, 0.2) is 30.5 Å². The van der Waals surface area contributed by atoms with Crippen molar-refractivity contribution in [3.05, 3.63) is 30.5 Å². The minimum atomic E-state index is 0.726. The maximum absolute atomic E-state index is 5.88. The minimum Gasteiger partial charge on any atom is -0.492 e. The highest BCUT2D eigenvalue weighted by Crippen LogP contribution is 2.24. The molecular weight excluding hydrogens is 228 g/mol. The summed E-state index contributed by atoms with van der Waals surface area (Å²) in [5, 5.41) is 1.15. The summed E-state index contributed by atoms with van der Waals surface area (Å²) >= 11 is 0. The van der Waals surface area contributed by atoms with Gasteiger partial charge in [-0.15, -0.1) is 0 Å². The van der Waals surface area contributed by atoms with Gasteiger partial charge in [-0.25, -0.2) is 0 Å². The van der Waals surface area contributed by atoms with Crippen LogP contribution >= 0.6 is 0 Å². The Labute approximate surface area is 106 Å². The number of hydrogen-bond donors (Lipinski definition) is 1. The van der Waals surface area contributed by atoms with E-state index in [9.17, 15) is 0 Å². The summed E-state index contributed by atoms with van der Waals surface area (Å²) in [4.78, 5) is 5.57. The largest absolute Gasteiger partial charge is 0.492 e. The zero-order valence-electron chi connectivity index (χ0n) is 10.4. The molecule has 96 valence electrons. The average molecular weight is 246 g/mol. The molecule has 0 saturated carbocycles. The Morgan fingerprint density at radius 3 is 3.00 bits per heavy atom. The van der Waals surface area contributed by atoms with E-state index in [4.69, 9.17) is 9.47 Å². The van der Waals surface area contributed by atoms with Crippen LogP contribution in [0.4, 0.5) is 0 Å². The molecule has 0 amide bonds. The third-order valence-corrected chi connectivity index (χ3v) is 3.32. The first kappa shape index (κ1) is 11.6. The fourth-order valence-corrected chi connectivity index (χ4v) is 2.29. The van der Waals surface area contributed by atoms with Crippen molar-refractivity contribution in [2.45, 2.75) is 0 Å². The smallest absolute Gasteiger partial charge is 0.128 e. The molecule has 1 aromatic carbocycles. The van der Waals surface area contributed by atoms with E-state index >= 15 is 0 Å². The molecule has 18 heavy (non-hydrogen) atoms. The second kappa shape index (κ2) is 5.42. The summed E-state index contributed by atoms with van der Waals surface area (Å²) in [5.41, 5.74) is 1.12. The van der Waals surface area contributed by atoms with Gasteiger partial charge in [-0.1, -0.05) is 6.07 Å². The van der Waals surface area contributed by atoms with Gasteiger partial charge in [0, 0.05) is 36.7 Å². The Hall–Kier alpha value is -1.52. The highest BCUT2D eigenvalue weighted by molar-refractivity contribution is 5.85. The van der Waals surface area contributed by atoms with Gasteiger partial charge >= 0.3 is 0 Å². The maximum Gasteiger partial charge on any atom is 0.128 e. The molecule has 1 fully saturated rings. The van der Waals surface area contributed by atoms with Crippen LogP contribution < -0.4 is 4.74 Å². The van der Waals surface area contributed by atoms with Gasteiger partial charge in [0.15, 0.2) is 0 Å². The summed E-state index contributed by atoms with van der Waals surface area (Å²) < 4.78 is 11.2. The van der Waals surface area contributed by atoms with Crippen molar-refractivity contribution in [3.63, 3.8) is 0 Å². The number of fused-ring (bicyclic) bond motifs is 1. The van der Waals surface area contributed by atoms with Crippen LogP contribution in [-0.4, -0.2) is 49.3 Å². The monoisotopic (exact) mass is 246 g/mol. The lowest BCUT2D eigenvalue weighted by molar-refractivity contribution is 0.0323. The van der Waals surface area contributed by atoms with Crippen LogP contribution in [0.3, 0.4) is 0 Å². The number of morpholine rings is 1. The number of aromatic nitrogens is 1. The van der Waals surface area contributed by atoms with Crippen LogP contribution in [0, 0.1) is 0 Å². The van der Waals surface area contributed by atoms with E-state index in [1.165, 1.54) is 0 Å². The molecule has 4 heteroatoms. The van der Waals surface area contributed by atoms with Crippen molar-refractivity contribution in [2.24, 2.45) is 0 Å². The number of ether oxygens (including phenoxy) is 2. The molecule has 4 nitrogen and oxygen atoms in total. The predicted octanol–water partition coefficient (Wildman–Crippen LogP) is 1.88. The third-order valence-electron chi connectivity index (χ3n) is 3.32. The lowest BCUT2D eigenvalue weighted by atomic mass is 10.2. The van der Waals surface area contributed by atoms with Crippen molar-refractivity contribution >= 4 is 10.9 Å². The summed E-state index contributed by atoms with van der Waals surface area (Å²) in [7, 11) is 0. The number of H-pyrrole nitrogens is 1. The molecule has 1 saturated heterocycles. The molecule has 1 N–H and O–H groups in total. The molecule has 2 heterocycles. The zero-order chi connectivity index (χ0) is 12.2. The second-order valence-corrected chi connectivity index (χ2v) is 4.50. The maximum atomic E-state index is 5.88. The van der Waals surface area contributed by atoms with E-state index in [-0.39, 0.29) is 0 Å². The van der Waals surface area contributed by atoms with E-state index in [0.29, 0.717) is 0 Å². The van der Waals surface area contributed by atoms with Gasteiger partial charge in [0.2, 0.25) is 0 Å². The van der Waals surface area contributed by atoms with E-state index in [1.807, 2.05) is 18.3 Å². The molecule has 1 aliphatic heterocycles. The number of hydrogen-bond acceptors (Lipinski definition) is 3. The highest BCUT2D eigenvalue weighted by Gasteiger charge is 2.10. The quantitative estimate of drug-likeness (QED) is 0.895. The minimum absolute atomic E-state index is 0.726. The number of aromatic amines is 1. The molecular formula is C14H18N2O2. The Balaban J connectivity index is 1.57. The lowest BCUT2D eigenvalue weighted by Gasteiger charge is -2.26. The van der Waals surface area contributed by atoms with Gasteiger partial charge in [-0.2, -0.15) is 0 Å². The number of benzene rings is 1. The van der Waals surface area contributed by atoms with Gasteiger partial charge in [0.25, 0.3) is 0 Å². The molecule has 3 rings (SSSR count). The van der Waals surface area contributed by atoms with Crippen LogP contribution in [0.2, 0.25) is 0 Å². The van der Waals surface area contributed by atoms with Crippen molar-refractivity contribution in [3.8, 4) is 5.75 Å². The van der Waals surface area contributed by atoms with Gasteiger partial charge in [0.05, 0.1) is 13.2 Å². The van der Waals surface area contributed by atoms with Crippen molar-refractivity contribution in [1.29, 1.82) is 0 Å². The second-order valence-electron chi connectivity index (χ2n) is 4.50. The Morgan fingerprint density at radius 2 is 2.11 bits per heavy atom. The Bertz CT molecular complexity index is 503. The van der Waals surface area contributed by atoms with Gasteiger partial charge in [-0.3, -0.25) is 4.90 Å². The first-order valence-electron chi connectivity index (χ1n) is 6.42. The van der Waals surface area contributed by atoms with Gasteiger partial charge < -0.3 is 14.5 Å². The third kappa shape index (κ3) is 2.49. The van der Waals surface area contributed by atoms with Crippen LogP contribution in [0.1, 0.15) is 0 Å². The fraction of sp³-hybridized carbons (Fsp3) is 0.429. The summed E-state index contributed by atoms with van der Waals surface area (Å²) in [6.07, 6.45) is 1.94. The molecule has 2 aromatic rings. The van der Waals surface area contributed by atoms with E-state index in [2.05, 4.69) is 22.0 Å². The Kier molecular flexibility index (Phi) is 3.48. The van der Waals surface area contributed by atoms with E-state index < -0.39 is 0 Å². The van der Waals surface area contributed by atoms with Crippen LogP contribution in [-0.2, 0) is 4.74 Å². The first-order chi connectivity index (χ1) is 8.93. The normalized spacial score (nSPS) is 17.1. The van der Waals surface area contributed by atoms with Gasteiger partial charge in [0.1, 0.15) is 12.4 Å². The molecule has 0 radical (unpaired) electrons. The first-order valence-corrected chi connectivity index (χ1v) is 6.42. The SMILES string of the molecule is c1cc(OCCN2CCOCC2)c2cc[nH]c2c1. The van der Waals surface area contributed by atoms with E-state index in [1.54, 1.807) is 0 Å². The molecule has 0 bridgehead atoms. The Morgan fingerprint density at radius 1 is 1.22 bits per heavy atom. The standard InChI is InChI=1S/C14H18N2O2/c1-2-13-12(4-5-15-13)14(3-1)18-11-8-16-6-9-17-10-7-16/h1-5,15H,6-11H2. The molecule has 0 unspecified atom stereocenters. The molecule has 0 aliphatic carbocycles. The fourth-order valence-electron chi connectivity index (χ4n) is 2.29. The van der Waals surface area contributed by atoms with Gasteiger partial charge in [-0.05, 0) is 18.2 Å². The summed E-state index contributed by atoms with van der Waals surface area (Å²) in [6, 6.07) is 8.15. The summed E-state index contributed by atoms with van der Waals surface area (Å²) in [5.74, 6) is 0.960. The summed E-state index contributed by atoms with van der Waals surface area (Å²) in [6.45, 7) is 5.39. The van der Waals surface area contributed by atoms with Crippen LogP contribution in [0.5, 0.6) is 5.75 Å². The predicted molar refractivity (Wildman–Crippen MR) is 71.1 cm³/mol. The number of nitrogens with zero attached hydrogens (tertiary/aromatic N) is 1. The van der Waals surface area contributed by atoms with Crippen molar-refractivity contribution in [1.82, 2.24) is 9.88 Å². The van der Waals surface area contributed by atoms with Crippen LogP contribution in [0.25, 0.3) is 10.9 Å². The average Bonchev–Trinajstić information content (AvgIpc) is 2.89. The molecule has 1 aromatic heterocycles. The number of rotatable bonds is 4. The zero-order valence-corrected chi connectivity index (χ0v) is 10.4. The lowest BCUT2D eigenvalue weighted by Crippen LogP contribution is -2.38. The molecule has 1 aliphatic rings. The highest BCUT2D eigenvalue weighted by atomic mass is 16.5. The molecule has 0 atom stereocenters. The van der Waals surface area contributed by atoms with E-state index in [0.717, 1.165) is 56.1 Å². The topological polar surface area (TPSA) is 37.5 Å². The molecule has 0 spiro atoms. The number of nitrogens with one attached hydrogen (secondary N) is 1.